The van der Waals surface area contributed by atoms with Crippen LogP contribution in [-0.4, -0.2) is 70.5 Å². The number of cyclic esters (lactones) is 2. The summed E-state index contributed by atoms with van der Waals surface area (Å²) < 4.78 is 49.7. The third-order valence-corrected chi connectivity index (χ3v) is 11.7. The first-order valence-corrected chi connectivity index (χ1v) is 22.7. The van der Waals surface area contributed by atoms with Gasteiger partial charge < -0.3 is 58.3 Å². The second-order valence-corrected chi connectivity index (χ2v) is 16.5. The van der Waals surface area contributed by atoms with Crippen molar-refractivity contribution in [3.8, 4) is 51.4 Å². The van der Waals surface area contributed by atoms with Gasteiger partial charge in [-0.15, -0.1) is 6.58 Å². The summed E-state index contributed by atoms with van der Waals surface area (Å²) in [5.74, 6) is -5.81. The van der Waals surface area contributed by atoms with Crippen LogP contribution in [-0.2, 0) is 56.7 Å². The molecule has 0 aromatic heterocycles. The van der Waals surface area contributed by atoms with E-state index in [9.17, 15) is 25.2 Å². The molecule has 0 saturated heterocycles. The molecule has 1 aliphatic rings. The second-order valence-electron chi connectivity index (χ2n) is 16.5. The lowest BCUT2D eigenvalue weighted by Crippen LogP contribution is -2.51. The van der Waals surface area contributed by atoms with Gasteiger partial charge in [-0.1, -0.05) is 140 Å². The molecule has 364 valence electrons. The van der Waals surface area contributed by atoms with Crippen molar-refractivity contribution in [3.63, 3.8) is 0 Å². The largest absolute Gasteiger partial charge is 0.504 e. The molecule has 7 aromatic carbocycles. The molecule has 0 radical (unpaired) electrons. The molecule has 14 heteroatoms. The zero-order valence-corrected chi connectivity index (χ0v) is 38.7. The molecule has 7 aromatic rings. The number of rotatable bonds is 18. The molecule has 14 nitrogen and oxygen atoms in total. The highest BCUT2D eigenvalue weighted by molar-refractivity contribution is 6.08. The van der Waals surface area contributed by atoms with Crippen molar-refractivity contribution in [1.29, 1.82) is 0 Å². The van der Waals surface area contributed by atoms with Crippen molar-refractivity contribution in [2.45, 2.75) is 57.5 Å². The zero-order chi connectivity index (χ0) is 49.7. The number of esters is 2. The molecule has 0 spiro atoms. The van der Waals surface area contributed by atoms with Gasteiger partial charge >= 0.3 is 11.9 Å². The number of methoxy groups -OCH3 is 1. The number of hydrogen-bond donors (Lipinski definition) is 4. The number of benzene rings is 7. The lowest BCUT2D eigenvalue weighted by molar-refractivity contribution is -0.171. The lowest BCUT2D eigenvalue weighted by Gasteiger charge is -2.36. The third kappa shape index (κ3) is 11.9. The van der Waals surface area contributed by atoms with Gasteiger partial charge in [0, 0.05) is 11.1 Å². The molecular weight excluding hydrogens is 909 g/mol. The Morgan fingerprint density at radius 1 is 0.577 bits per heavy atom. The van der Waals surface area contributed by atoms with Crippen LogP contribution in [0.5, 0.6) is 40.2 Å². The maximum absolute atomic E-state index is 15.3. The Kier molecular flexibility index (Phi) is 16.1. The summed E-state index contributed by atoms with van der Waals surface area (Å²) in [6, 6.07) is 45.3. The molecule has 71 heavy (non-hydrogen) atoms. The van der Waals surface area contributed by atoms with Gasteiger partial charge in [0.1, 0.15) is 43.9 Å². The number of phenolic OH excluding ortho intramolecular Hbond substituents is 4. The SMILES string of the molecule is C=CC(OCc1ccccc1)C1OC(=O)c2cc(O)c(OCc3ccccc3)c(O)c2-c2c(cc(O)c(OCc3ccccc3)c2O)C(=O)OCC(OCc2ccc(OC)cc2)C1OCc1ccccc1. The first-order valence-electron chi connectivity index (χ1n) is 22.7. The van der Waals surface area contributed by atoms with Crippen molar-refractivity contribution >= 4 is 11.9 Å². The van der Waals surface area contributed by atoms with E-state index >= 15 is 4.79 Å². The summed E-state index contributed by atoms with van der Waals surface area (Å²) in [5, 5.41) is 47.8. The van der Waals surface area contributed by atoms with Crippen LogP contribution in [0.2, 0.25) is 0 Å². The van der Waals surface area contributed by atoms with E-state index < -0.39 is 99.7 Å². The van der Waals surface area contributed by atoms with Gasteiger partial charge in [-0.05, 0) is 52.1 Å². The minimum atomic E-state index is -1.46. The Bertz CT molecular complexity index is 2890. The van der Waals surface area contributed by atoms with Gasteiger partial charge in [-0.2, -0.15) is 0 Å². The van der Waals surface area contributed by atoms with Gasteiger partial charge in [0.2, 0.25) is 11.5 Å². The highest BCUT2D eigenvalue weighted by Gasteiger charge is 2.43. The van der Waals surface area contributed by atoms with Crippen LogP contribution in [0.3, 0.4) is 0 Å². The number of phenols is 4. The Balaban J connectivity index is 1.30. The maximum Gasteiger partial charge on any atom is 0.339 e. The quantitative estimate of drug-likeness (QED) is 0.0470. The van der Waals surface area contributed by atoms with Gasteiger partial charge in [-0.3, -0.25) is 0 Å². The van der Waals surface area contributed by atoms with Crippen molar-refractivity contribution in [3.05, 3.63) is 209 Å². The normalized spacial score (nSPS) is 16.2. The van der Waals surface area contributed by atoms with Gasteiger partial charge in [-0.25, -0.2) is 9.59 Å². The van der Waals surface area contributed by atoms with E-state index in [1.807, 2.05) is 60.7 Å². The molecule has 1 aliphatic heterocycles. The average molecular weight is 961 g/mol. The van der Waals surface area contributed by atoms with Crippen LogP contribution in [0.15, 0.2) is 170 Å². The molecule has 4 N–H and O–H groups in total. The van der Waals surface area contributed by atoms with Gasteiger partial charge in [0.25, 0.3) is 0 Å². The summed E-state index contributed by atoms with van der Waals surface area (Å²) in [6.45, 7) is 3.11. The topological polar surface area (TPSA) is 189 Å². The van der Waals surface area contributed by atoms with E-state index in [4.69, 9.17) is 37.9 Å². The van der Waals surface area contributed by atoms with Crippen molar-refractivity contribution in [1.82, 2.24) is 0 Å². The average Bonchev–Trinajstić information content (AvgIpc) is 3.40. The Hall–Kier alpha value is -8.30. The first-order chi connectivity index (χ1) is 34.6. The molecule has 0 amide bonds. The molecule has 4 unspecified atom stereocenters. The van der Waals surface area contributed by atoms with Crippen LogP contribution < -0.4 is 14.2 Å². The van der Waals surface area contributed by atoms with Crippen LogP contribution >= 0.6 is 0 Å². The number of carbonyl (C=O) groups is 2. The predicted octanol–water partition coefficient (Wildman–Crippen LogP) is 9.98. The first kappa shape index (κ1) is 49.1. The fourth-order valence-electron chi connectivity index (χ4n) is 8.00. The number of aromatic hydroxyl groups is 4. The Morgan fingerprint density at radius 2 is 1.01 bits per heavy atom. The van der Waals surface area contributed by atoms with Crippen LogP contribution in [0.4, 0.5) is 0 Å². The van der Waals surface area contributed by atoms with E-state index in [0.29, 0.717) is 22.4 Å². The van der Waals surface area contributed by atoms with E-state index in [1.54, 1.807) is 92.0 Å². The van der Waals surface area contributed by atoms with E-state index in [1.165, 1.54) is 6.08 Å². The van der Waals surface area contributed by atoms with Crippen molar-refractivity contribution in [2.24, 2.45) is 0 Å². The van der Waals surface area contributed by atoms with Crippen LogP contribution in [0, 0.1) is 0 Å². The minimum absolute atomic E-state index is 0.0279. The van der Waals surface area contributed by atoms with E-state index in [0.717, 1.165) is 23.3 Å². The maximum atomic E-state index is 15.3. The molecule has 1 heterocycles. The summed E-state index contributed by atoms with van der Waals surface area (Å²) in [6.07, 6.45) is -3.72. The molecule has 0 saturated carbocycles. The number of hydrogen-bond acceptors (Lipinski definition) is 14. The third-order valence-electron chi connectivity index (χ3n) is 11.7. The molecule has 4 atom stereocenters. The van der Waals surface area contributed by atoms with Crippen molar-refractivity contribution in [2.75, 3.05) is 13.7 Å². The molecule has 0 bridgehead atoms. The van der Waals surface area contributed by atoms with Gasteiger partial charge in [0.05, 0.1) is 38.1 Å². The molecule has 0 aliphatic carbocycles. The second kappa shape index (κ2) is 23.3. The summed E-state index contributed by atoms with van der Waals surface area (Å²) >= 11 is 0. The Labute approximate surface area is 410 Å². The smallest absolute Gasteiger partial charge is 0.339 e. The fraction of sp³-hybridized carbons (Fsp3) is 0.193. The van der Waals surface area contributed by atoms with Crippen LogP contribution in [0.1, 0.15) is 48.5 Å². The number of carbonyl (C=O) groups excluding carboxylic acids is 2. The number of ether oxygens (including phenoxy) is 8. The Morgan fingerprint density at radius 3 is 1.49 bits per heavy atom. The van der Waals surface area contributed by atoms with E-state index in [-0.39, 0.29) is 33.0 Å². The fourth-order valence-corrected chi connectivity index (χ4v) is 8.00. The summed E-state index contributed by atoms with van der Waals surface area (Å²) in [7, 11) is 1.55. The monoisotopic (exact) mass is 960 g/mol. The summed E-state index contributed by atoms with van der Waals surface area (Å²) in [4.78, 5) is 30.1. The minimum Gasteiger partial charge on any atom is -0.504 e. The highest BCUT2D eigenvalue weighted by Crippen LogP contribution is 2.54. The lowest BCUT2D eigenvalue weighted by atomic mass is 9.91. The molecular formula is C57H52O14. The molecule has 0 fully saturated rings. The number of fused-ring (bicyclic) bond motifs is 3. The summed E-state index contributed by atoms with van der Waals surface area (Å²) in [5.41, 5.74) is 1.43. The van der Waals surface area contributed by atoms with Crippen molar-refractivity contribution < 1.29 is 67.9 Å². The van der Waals surface area contributed by atoms with E-state index in [2.05, 4.69) is 6.58 Å². The highest BCUT2D eigenvalue weighted by atomic mass is 16.6. The van der Waals surface area contributed by atoms with Crippen LogP contribution in [0.25, 0.3) is 11.1 Å². The zero-order valence-electron chi connectivity index (χ0n) is 38.7. The predicted molar refractivity (Wildman–Crippen MR) is 261 cm³/mol. The standard InChI is InChI=1S/C57H52O14/c1-3-46(65-30-36-16-8-4-9-17-36)55-54(69-34-39-22-14-7-15-23-39)47(66-31-40-24-26-41(64-2)27-25-40)35-70-56(62)42-28-44(58)52(67-32-37-18-10-5-11-19-37)50(60)48(42)49-43(57(63)71-55)29-45(59)53(51(49)61)68-33-38-20-12-6-13-21-38/h3-29,46-47,54-55,58-61H,1,30-35H2,2H3. The molecule has 8 rings (SSSR count). The van der Waals surface area contributed by atoms with Gasteiger partial charge in [0.15, 0.2) is 29.1 Å².